The third-order valence-electron chi connectivity index (χ3n) is 1.72. The predicted octanol–water partition coefficient (Wildman–Crippen LogP) is 0.679. The molecule has 0 bridgehead atoms. The zero-order valence-electron chi connectivity index (χ0n) is 8.55. The van der Waals surface area contributed by atoms with Gasteiger partial charge < -0.3 is 4.98 Å². The quantitative estimate of drug-likeness (QED) is 0.844. The highest BCUT2D eigenvalue weighted by molar-refractivity contribution is 7.92. The lowest BCUT2D eigenvalue weighted by atomic mass is 10.8. The van der Waals surface area contributed by atoms with Crippen LogP contribution in [0.2, 0.25) is 0 Å². The zero-order valence-corrected chi connectivity index (χ0v) is 10.2. The van der Waals surface area contributed by atoms with E-state index in [0.29, 0.717) is 10.8 Å². The highest BCUT2D eigenvalue weighted by Crippen LogP contribution is 2.18. The molecule has 0 unspecified atom stereocenters. The smallest absolute Gasteiger partial charge is 0.280 e. The summed E-state index contributed by atoms with van der Waals surface area (Å²) in [5.74, 6) is 0.536. The monoisotopic (exact) mass is 259 g/mol. The molecule has 2 aromatic rings. The molecule has 2 aromatic heterocycles. The molecule has 0 spiro atoms. The number of aryl methyl sites for hydroxylation is 2. The minimum atomic E-state index is -3.64. The van der Waals surface area contributed by atoms with Crippen LogP contribution in [0.1, 0.15) is 10.8 Å². The second kappa shape index (κ2) is 3.83. The van der Waals surface area contributed by atoms with Gasteiger partial charge in [0.1, 0.15) is 10.8 Å². The van der Waals surface area contributed by atoms with Crippen molar-refractivity contribution in [1.82, 2.24) is 20.2 Å². The van der Waals surface area contributed by atoms with Crippen molar-refractivity contribution in [3.63, 3.8) is 0 Å². The molecule has 0 fully saturated rings. The highest BCUT2D eigenvalue weighted by Gasteiger charge is 2.18. The minimum absolute atomic E-state index is 0.0119. The Balaban J connectivity index is 2.27. The number of nitrogens with zero attached hydrogens (tertiary/aromatic N) is 3. The Bertz CT molecular complexity index is 600. The summed E-state index contributed by atoms with van der Waals surface area (Å²) < 4.78 is 25.9. The van der Waals surface area contributed by atoms with Gasteiger partial charge in [0.25, 0.3) is 10.0 Å². The van der Waals surface area contributed by atoms with Crippen LogP contribution in [0.25, 0.3) is 0 Å². The first-order valence-electron chi connectivity index (χ1n) is 4.32. The van der Waals surface area contributed by atoms with Gasteiger partial charge >= 0.3 is 0 Å². The number of H-pyrrole nitrogens is 1. The van der Waals surface area contributed by atoms with Crippen LogP contribution in [-0.2, 0) is 10.0 Å². The van der Waals surface area contributed by atoms with Gasteiger partial charge in [-0.2, -0.15) is 8.42 Å². The third-order valence-corrected chi connectivity index (χ3v) is 3.85. The molecule has 16 heavy (non-hydrogen) atoms. The number of sulfonamides is 1. The van der Waals surface area contributed by atoms with E-state index in [0.717, 1.165) is 0 Å². The maximum atomic E-state index is 11.8. The van der Waals surface area contributed by atoms with Crippen molar-refractivity contribution in [1.29, 1.82) is 0 Å². The molecule has 0 saturated carbocycles. The molecule has 0 aliphatic rings. The van der Waals surface area contributed by atoms with Crippen LogP contribution >= 0.6 is 11.3 Å². The number of imidazole rings is 1. The molecule has 7 nitrogen and oxygen atoms in total. The van der Waals surface area contributed by atoms with Crippen LogP contribution in [0.4, 0.5) is 5.13 Å². The van der Waals surface area contributed by atoms with Gasteiger partial charge in [0.15, 0.2) is 5.03 Å². The zero-order chi connectivity index (χ0) is 11.8. The standard InChI is InChI=1S/C7H9N5O2S2/c1-4-8-3-6(9-4)16(13,14)12-7-11-10-5(2)15-7/h3H,1-2H3,(H,8,9)(H,11,12). The Kier molecular flexibility index (Phi) is 2.64. The SMILES string of the molecule is Cc1ncc(S(=O)(=O)Nc2nnc(C)s2)[nH]1. The van der Waals surface area contributed by atoms with Crippen LogP contribution in [-0.4, -0.2) is 28.6 Å². The van der Waals surface area contributed by atoms with E-state index >= 15 is 0 Å². The summed E-state index contributed by atoms with van der Waals surface area (Å²) in [6.45, 7) is 3.42. The van der Waals surface area contributed by atoms with E-state index in [1.54, 1.807) is 13.8 Å². The molecule has 9 heteroatoms. The van der Waals surface area contributed by atoms with Crippen molar-refractivity contribution < 1.29 is 8.42 Å². The van der Waals surface area contributed by atoms with E-state index in [-0.39, 0.29) is 10.2 Å². The lowest BCUT2D eigenvalue weighted by molar-refractivity contribution is 0.598. The number of anilines is 1. The molecule has 2 heterocycles. The van der Waals surface area contributed by atoms with E-state index in [1.807, 2.05) is 0 Å². The molecule has 2 rings (SSSR count). The molecule has 0 atom stereocenters. The highest BCUT2D eigenvalue weighted by atomic mass is 32.2. The van der Waals surface area contributed by atoms with Crippen molar-refractivity contribution in [3.8, 4) is 0 Å². The largest absolute Gasteiger partial charge is 0.332 e. The van der Waals surface area contributed by atoms with Gasteiger partial charge in [-0.3, -0.25) is 4.72 Å². The molecule has 0 radical (unpaired) electrons. The molecular weight excluding hydrogens is 250 g/mol. The van der Waals surface area contributed by atoms with Gasteiger partial charge in [0.2, 0.25) is 5.13 Å². The summed E-state index contributed by atoms with van der Waals surface area (Å²) >= 11 is 1.17. The number of nitrogens with one attached hydrogen (secondary N) is 2. The second-order valence-corrected chi connectivity index (χ2v) is 5.90. The average molecular weight is 259 g/mol. The van der Waals surface area contributed by atoms with Crippen LogP contribution in [0.5, 0.6) is 0 Å². The van der Waals surface area contributed by atoms with Gasteiger partial charge in [-0.1, -0.05) is 11.3 Å². The lowest BCUT2D eigenvalue weighted by Crippen LogP contribution is -2.13. The van der Waals surface area contributed by atoms with Crippen molar-refractivity contribution >= 4 is 26.5 Å². The van der Waals surface area contributed by atoms with Gasteiger partial charge in [-0.15, -0.1) is 10.2 Å². The van der Waals surface area contributed by atoms with E-state index in [2.05, 4.69) is 24.9 Å². The summed E-state index contributed by atoms with van der Waals surface area (Å²) in [4.78, 5) is 6.46. The molecule has 86 valence electrons. The van der Waals surface area contributed by atoms with E-state index in [1.165, 1.54) is 17.5 Å². The number of rotatable bonds is 3. The molecule has 0 amide bonds. The Morgan fingerprint density at radius 1 is 1.38 bits per heavy atom. The maximum absolute atomic E-state index is 11.8. The summed E-state index contributed by atoms with van der Waals surface area (Å²) in [6.07, 6.45) is 1.26. The Morgan fingerprint density at radius 2 is 2.12 bits per heavy atom. The molecule has 2 N–H and O–H groups in total. The van der Waals surface area contributed by atoms with Crippen molar-refractivity contribution in [2.75, 3.05) is 4.72 Å². The summed E-state index contributed by atoms with van der Waals surface area (Å²) in [5.41, 5.74) is 0. The average Bonchev–Trinajstić information content (AvgIpc) is 2.75. The summed E-state index contributed by atoms with van der Waals surface area (Å²) in [5, 5.41) is 8.34. The fraction of sp³-hybridized carbons (Fsp3) is 0.286. The van der Waals surface area contributed by atoms with Crippen molar-refractivity contribution in [2.45, 2.75) is 18.9 Å². The van der Waals surface area contributed by atoms with E-state index < -0.39 is 10.0 Å². The molecule has 0 aliphatic carbocycles. The van der Waals surface area contributed by atoms with E-state index in [9.17, 15) is 8.42 Å². The first-order chi connectivity index (χ1) is 7.47. The number of aromatic amines is 1. The second-order valence-electron chi connectivity index (χ2n) is 3.06. The fourth-order valence-corrected chi connectivity index (χ4v) is 2.84. The van der Waals surface area contributed by atoms with Gasteiger partial charge in [0.05, 0.1) is 6.20 Å². The van der Waals surface area contributed by atoms with Gasteiger partial charge in [-0.25, -0.2) is 4.98 Å². The summed E-state index contributed by atoms with van der Waals surface area (Å²) in [7, 11) is -3.64. The maximum Gasteiger partial charge on any atom is 0.280 e. The predicted molar refractivity (Wildman–Crippen MR) is 58.8 cm³/mol. The first-order valence-corrected chi connectivity index (χ1v) is 6.62. The van der Waals surface area contributed by atoms with Gasteiger partial charge in [0, 0.05) is 0 Å². The normalized spacial score (nSPS) is 11.6. The van der Waals surface area contributed by atoms with Crippen molar-refractivity contribution in [3.05, 3.63) is 17.0 Å². The molecule has 0 aromatic carbocycles. The fourth-order valence-electron chi connectivity index (χ4n) is 1.04. The van der Waals surface area contributed by atoms with Crippen LogP contribution in [0.15, 0.2) is 11.2 Å². The van der Waals surface area contributed by atoms with E-state index in [4.69, 9.17) is 0 Å². The Morgan fingerprint density at radius 3 is 2.62 bits per heavy atom. The minimum Gasteiger partial charge on any atom is -0.332 e. The van der Waals surface area contributed by atoms with Crippen LogP contribution in [0.3, 0.4) is 0 Å². The molecular formula is C7H9N5O2S2. The lowest BCUT2D eigenvalue weighted by Gasteiger charge is -2.00. The molecule has 0 aliphatic heterocycles. The van der Waals surface area contributed by atoms with Crippen molar-refractivity contribution in [2.24, 2.45) is 0 Å². The Hall–Kier alpha value is -1.48. The number of aromatic nitrogens is 4. The number of hydrogen-bond acceptors (Lipinski definition) is 6. The van der Waals surface area contributed by atoms with Crippen LogP contribution < -0.4 is 4.72 Å². The van der Waals surface area contributed by atoms with Gasteiger partial charge in [-0.05, 0) is 13.8 Å². The molecule has 0 saturated heterocycles. The first kappa shape index (κ1) is 11.0. The third kappa shape index (κ3) is 2.19. The Labute approximate surface area is 96.0 Å². The van der Waals surface area contributed by atoms with Crippen LogP contribution in [0, 0.1) is 13.8 Å². The summed E-state index contributed by atoms with van der Waals surface area (Å²) in [6, 6.07) is 0. The topological polar surface area (TPSA) is 101 Å². The number of hydrogen-bond donors (Lipinski definition) is 2.